The Hall–Kier alpha value is -3.14. The summed E-state index contributed by atoms with van der Waals surface area (Å²) >= 11 is 0. The Bertz CT molecular complexity index is 989. The van der Waals surface area contributed by atoms with E-state index in [1.807, 2.05) is 60.7 Å². The number of carbonyl (C=O) groups excluding carboxylic acids is 2. The lowest BCUT2D eigenvalue weighted by molar-refractivity contribution is -0.116. The summed E-state index contributed by atoms with van der Waals surface area (Å²) in [6.07, 6.45) is 0.812. The number of benzene rings is 3. The maximum atomic E-state index is 12.7. The van der Waals surface area contributed by atoms with Crippen LogP contribution in [0.4, 0.5) is 11.4 Å². The highest BCUT2D eigenvalue weighted by atomic mass is 16.2. The van der Waals surface area contributed by atoms with Gasteiger partial charge in [-0.1, -0.05) is 36.4 Å². The van der Waals surface area contributed by atoms with E-state index in [4.69, 9.17) is 0 Å². The zero-order valence-electron chi connectivity index (χ0n) is 14.0. The quantitative estimate of drug-likeness (QED) is 0.772. The summed E-state index contributed by atoms with van der Waals surface area (Å²) in [4.78, 5) is 26.1. The zero-order valence-corrected chi connectivity index (χ0v) is 14.0. The van der Waals surface area contributed by atoms with Gasteiger partial charge in [-0.2, -0.15) is 0 Å². The first-order valence-electron chi connectivity index (χ1n) is 8.33. The van der Waals surface area contributed by atoms with Crippen LogP contribution in [-0.2, 0) is 11.2 Å². The molecule has 4 heteroatoms. The molecule has 0 aromatic heterocycles. The van der Waals surface area contributed by atoms with E-state index in [1.54, 1.807) is 11.8 Å². The van der Waals surface area contributed by atoms with Gasteiger partial charge in [-0.15, -0.1) is 0 Å². The van der Waals surface area contributed by atoms with Gasteiger partial charge < -0.3 is 10.2 Å². The number of rotatable bonds is 2. The third-order valence-electron chi connectivity index (χ3n) is 4.65. The highest BCUT2D eigenvalue weighted by Crippen LogP contribution is 2.31. The minimum Gasteiger partial charge on any atom is -0.322 e. The van der Waals surface area contributed by atoms with Crippen molar-refractivity contribution >= 4 is 34.0 Å². The van der Waals surface area contributed by atoms with E-state index in [-0.39, 0.29) is 11.8 Å². The van der Waals surface area contributed by atoms with Crippen LogP contribution in [0.2, 0.25) is 0 Å². The molecule has 1 aliphatic heterocycles. The first-order valence-corrected chi connectivity index (χ1v) is 8.33. The van der Waals surface area contributed by atoms with Crippen LogP contribution in [-0.4, -0.2) is 18.4 Å². The lowest BCUT2D eigenvalue weighted by Crippen LogP contribution is -2.25. The molecule has 0 saturated carbocycles. The second kappa shape index (κ2) is 6.06. The summed E-state index contributed by atoms with van der Waals surface area (Å²) in [6.45, 7) is 2.27. The van der Waals surface area contributed by atoms with Crippen molar-refractivity contribution in [3.05, 3.63) is 71.8 Å². The number of amides is 2. The molecule has 4 nitrogen and oxygen atoms in total. The Kier molecular flexibility index (Phi) is 3.73. The number of fused-ring (bicyclic) bond motifs is 2. The van der Waals surface area contributed by atoms with Gasteiger partial charge in [-0.3, -0.25) is 9.59 Å². The predicted octanol–water partition coefficient (Wildman–Crippen LogP) is 4.00. The first kappa shape index (κ1) is 15.4. The van der Waals surface area contributed by atoms with Crippen LogP contribution < -0.4 is 10.2 Å². The lowest BCUT2D eigenvalue weighted by Gasteiger charge is -2.15. The van der Waals surface area contributed by atoms with Gasteiger partial charge >= 0.3 is 0 Å². The molecule has 4 rings (SSSR count). The molecular weight excluding hydrogens is 312 g/mol. The van der Waals surface area contributed by atoms with E-state index in [2.05, 4.69) is 5.32 Å². The fraction of sp³-hybridized carbons (Fsp3) is 0.143. The molecule has 1 heterocycles. The van der Waals surface area contributed by atoms with E-state index >= 15 is 0 Å². The molecule has 0 aliphatic carbocycles. The standard InChI is InChI=1S/C21H18N2O2/c1-14(24)23-12-11-16-13-17(9-10-20(16)23)22-21(25)19-8-4-6-15-5-2-3-7-18(15)19/h2-10,13H,11-12H2,1H3,(H,22,25). The number of nitrogens with zero attached hydrogens (tertiary/aromatic N) is 1. The number of nitrogens with one attached hydrogen (secondary N) is 1. The Morgan fingerprint density at radius 2 is 1.80 bits per heavy atom. The Morgan fingerprint density at radius 1 is 1.00 bits per heavy atom. The monoisotopic (exact) mass is 330 g/mol. The molecule has 0 bridgehead atoms. The van der Waals surface area contributed by atoms with Crippen molar-refractivity contribution in [3.63, 3.8) is 0 Å². The highest BCUT2D eigenvalue weighted by molar-refractivity contribution is 6.13. The fourth-order valence-electron chi connectivity index (χ4n) is 3.43. The average molecular weight is 330 g/mol. The molecule has 0 spiro atoms. The van der Waals surface area contributed by atoms with Gasteiger partial charge in [0.15, 0.2) is 0 Å². The summed E-state index contributed by atoms with van der Waals surface area (Å²) in [6, 6.07) is 19.3. The van der Waals surface area contributed by atoms with Crippen LogP contribution in [0.5, 0.6) is 0 Å². The zero-order chi connectivity index (χ0) is 17.4. The maximum Gasteiger partial charge on any atom is 0.256 e. The fourth-order valence-corrected chi connectivity index (χ4v) is 3.43. The smallest absolute Gasteiger partial charge is 0.256 e. The summed E-state index contributed by atoms with van der Waals surface area (Å²) in [5.74, 6) is -0.0792. The van der Waals surface area contributed by atoms with E-state index < -0.39 is 0 Å². The molecular formula is C21H18N2O2. The van der Waals surface area contributed by atoms with Crippen LogP contribution >= 0.6 is 0 Å². The van der Waals surface area contributed by atoms with Crippen LogP contribution in [0.3, 0.4) is 0 Å². The minimum atomic E-state index is -0.127. The SMILES string of the molecule is CC(=O)N1CCc2cc(NC(=O)c3cccc4ccccc34)ccc21. The van der Waals surface area contributed by atoms with E-state index in [9.17, 15) is 9.59 Å². The van der Waals surface area contributed by atoms with Crippen LogP contribution in [0.1, 0.15) is 22.8 Å². The summed E-state index contributed by atoms with van der Waals surface area (Å²) in [7, 11) is 0. The number of hydrogen-bond donors (Lipinski definition) is 1. The minimum absolute atomic E-state index is 0.0475. The van der Waals surface area contributed by atoms with Crippen molar-refractivity contribution in [2.24, 2.45) is 0 Å². The van der Waals surface area contributed by atoms with Crippen molar-refractivity contribution < 1.29 is 9.59 Å². The van der Waals surface area contributed by atoms with Crippen molar-refractivity contribution in [1.82, 2.24) is 0 Å². The molecule has 0 atom stereocenters. The Labute approximate surface area is 146 Å². The van der Waals surface area contributed by atoms with Crippen LogP contribution in [0.15, 0.2) is 60.7 Å². The second-order valence-corrected chi connectivity index (χ2v) is 6.24. The first-order chi connectivity index (χ1) is 12.1. The van der Waals surface area contributed by atoms with Crippen LogP contribution in [0.25, 0.3) is 10.8 Å². The van der Waals surface area contributed by atoms with Gasteiger partial charge in [0.25, 0.3) is 5.91 Å². The van der Waals surface area contributed by atoms with Gasteiger partial charge in [-0.05, 0) is 47.0 Å². The molecule has 0 unspecified atom stereocenters. The van der Waals surface area contributed by atoms with Gasteiger partial charge in [0.1, 0.15) is 0 Å². The van der Waals surface area contributed by atoms with Gasteiger partial charge in [0, 0.05) is 30.4 Å². The lowest BCUT2D eigenvalue weighted by atomic mass is 10.0. The van der Waals surface area contributed by atoms with Crippen molar-refractivity contribution in [3.8, 4) is 0 Å². The van der Waals surface area contributed by atoms with Crippen molar-refractivity contribution in [1.29, 1.82) is 0 Å². The topological polar surface area (TPSA) is 49.4 Å². The molecule has 0 saturated heterocycles. The second-order valence-electron chi connectivity index (χ2n) is 6.24. The molecule has 3 aromatic carbocycles. The van der Waals surface area contributed by atoms with Gasteiger partial charge in [0.2, 0.25) is 5.91 Å². The third kappa shape index (κ3) is 2.76. The van der Waals surface area contributed by atoms with Gasteiger partial charge in [0.05, 0.1) is 0 Å². The van der Waals surface area contributed by atoms with E-state index in [1.165, 1.54) is 0 Å². The summed E-state index contributed by atoms with van der Waals surface area (Å²) in [5.41, 5.74) is 3.44. The summed E-state index contributed by atoms with van der Waals surface area (Å²) in [5, 5.41) is 4.96. The van der Waals surface area contributed by atoms with E-state index in [0.29, 0.717) is 12.1 Å². The normalized spacial score (nSPS) is 12.9. The maximum absolute atomic E-state index is 12.7. The largest absolute Gasteiger partial charge is 0.322 e. The van der Waals surface area contributed by atoms with E-state index in [0.717, 1.165) is 34.1 Å². The third-order valence-corrected chi connectivity index (χ3v) is 4.65. The molecule has 0 radical (unpaired) electrons. The number of anilines is 2. The molecule has 0 fully saturated rings. The molecule has 25 heavy (non-hydrogen) atoms. The molecule has 3 aromatic rings. The van der Waals surface area contributed by atoms with Crippen molar-refractivity contribution in [2.75, 3.05) is 16.8 Å². The highest BCUT2D eigenvalue weighted by Gasteiger charge is 2.22. The Morgan fingerprint density at radius 3 is 2.64 bits per heavy atom. The number of carbonyl (C=O) groups is 2. The number of hydrogen-bond acceptors (Lipinski definition) is 2. The van der Waals surface area contributed by atoms with Crippen LogP contribution in [0, 0.1) is 0 Å². The molecule has 124 valence electrons. The van der Waals surface area contributed by atoms with Crippen molar-refractivity contribution in [2.45, 2.75) is 13.3 Å². The average Bonchev–Trinajstić information content (AvgIpc) is 3.04. The molecule has 1 N–H and O–H groups in total. The predicted molar refractivity (Wildman–Crippen MR) is 100 cm³/mol. The Balaban J connectivity index is 1.62. The summed E-state index contributed by atoms with van der Waals surface area (Å²) < 4.78 is 0. The molecule has 2 amide bonds. The van der Waals surface area contributed by atoms with Gasteiger partial charge in [-0.25, -0.2) is 0 Å². The molecule has 1 aliphatic rings.